The topological polar surface area (TPSA) is 17.1 Å². The molecule has 0 atom stereocenters. The lowest BCUT2D eigenvalue weighted by atomic mass is 10.2. The maximum absolute atomic E-state index is 12.6. The van der Waals surface area contributed by atoms with Crippen LogP contribution >= 0.6 is 0 Å². The fourth-order valence-corrected chi connectivity index (χ4v) is 0.915. The highest BCUT2D eigenvalue weighted by atomic mass is 19.1. The SMILES string of the molecule is O=[C]CC=Cc1cc(F)cc(F)c1. The van der Waals surface area contributed by atoms with Crippen LogP contribution in [0.4, 0.5) is 8.78 Å². The van der Waals surface area contributed by atoms with Gasteiger partial charge in [0.05, 0.1) is 0 Å². The van der Waals surface area contributed by atoms with Gasteiger partial charge in [-0.05, 0) is 17.7 Å². The minimum absolute atomic E-state index is 0.123. The molecule has 1 radical (unpaired) electrons. The molecule has 1 aromatic carbocycles. The van der Waals surface area contributed by atoms with E-state index in [1.165, 1.54) is 24.3 Å². The first-order valence-corrected chi connectivity index (χ1v) is 3.70. The van der Waals surface area contributed by atoms with Gasteiger partial charge in [0, 0.05) is 12.5 Å². The summed E-state index contributed by atoms with van der Waals surface area (Å²) in [5, 5.41) is 0. The summed E-state index contributed by atoms with van der Waals surface area (Å²) in [6.45, 7) is 0. The maximum atomic E-state index is 12.6. The van der Waals surface area contributed by atoms with Crippen LogP contribution < -0.4 is 0 Å². The van der Waals surface area contributed by atoms with Crippen molar-refractivity contribution in [3.63, 3.8) is 0 Å². The molecular formula is C10H7F2O. The van der Waals surface area contributed by atoms with E-state index in [-0.39, 0.29) is 6.42 Å². The van der Waals surface area contributed by atoms with Crippen molar-refractivity contribution in [2.24, 2.45) is 0 Å². The van der Waals surface area contributed by atoms with Crippen molar-refractivity contribution in [2.45, 2.75) is 6.42 Å². The fraction of sp³-hybridized carbons (Fsp3) is 0.100. The zero-order chi connectivity index (χ0) is 9.68. The highest BCUT2D eigenvalue weighted by Gasteiger charge is 1.96. The van der Waals surface area contributed by atoms with Crippen molar-refractivity contribution in [3.8, 4) is 0 Å². The molecule has 1 rings (SSSR count). The average Bonchev–Trinajstić information content (AvgIpc) is 2.03. The van der Waals surface area contributed by atoms with Gasteiger partial charge >= 0.3 is 0 Å². The first-order chi connectivity index (χ1) is 6.22. The summed E-state index contributed by atoms with van der Waals surface area (Å²) in [5.74, 6) is -1.26. The number of halogens is 2. The first kappa shape index (κ1) is 9.58. The molecule has 13 heavy (non-hydrogen) atoms. The predicted molar refractivity (Wildman–Crippen MR) is 45.7 cm³/mol. The molecule has 0 saturated heterocycles. The summed E-state index contributed by atoms with van der Waals surface area (Å²) < 4.78 is 25.2. The molecule has 67 valence electrons. The first-order valence-electron chi connectivity index (χ1n) is 3.70. The Morgan fingerprint density at radius 1 is 1.23 bits per heavy atom. The number of hydrogen-bond acceptors (Lipinski definition) is 1. The largest absolute Gasteiger partial charge is 0.291 e. The molecule has 0 heterocycles. The molecule has 0 fully saturated rings. The van der Waals surface area contributed by atoms with E-state index in [0.29, 0.717) is 5.56 Å². The van der Waals surface area contributed by atoms with Crippen LogP contribution in [0.5, 0.6) is 0 Å². The second-order valence-electron chi connectivity index (χ2n) is 2.45. The normalized spacial score (nSPS) is 10.6. The standard InChI is InChI=1S/C10H7F2O/c11-9-5-8(3-1-2-4-13)6-10(12)7-9/h1,3,5-7H,2H2. The zero-order valence-corrected chi connectivity index (χ0v) is 6.76. The van der Waals surface area contributed by atoms with Crippen molar-refractivity contribution in [1.82, 2.24) is 0 Å². The molecule has 0 amide bonds. The van der Waals surface area contributed by atoms with Gasteiger partial charge in [-0.1, -0.05) is 12.2 Å². The molecule has 1 nitrogen and oxygen atoms in total. The second-order valence-corrected chi connectivity index (χ2v) is 2.45. The zero-order valence-electron chi connectivity index (χ0n) is 6.76. The molecule has 0 aliphatic rings. The van der Waals surface area contributed by atoms with Crippen LogP contribution in [0, 0.1) is 11.6 Å². The summed E-state index contributed by atoms with van der Waals surface area (Å²) in [7, 11) is 0. The minimum atomic E-state index is -0.630. The van der Waals surface area contributed by atoms with Gasteiger partial charge in [-0.15, -0.1) is 0 Å². The molecule has 0 N–H and O–H groups in total. The Morgan fingerprint density at radius 3 is 2.38 bits per heavy atom. The van der Waals surface area contributed by atoms with E-state index in [0.717, 1.165) is 6.07 Å². The van der Waals surface area contributed by atoms with Crippen LogP contribution in [-0.2, 0) is 4.79 Å². The van der Waals surface area contributed by atoms with Crippen LogP contribution in [0.2, 0.25) is 0 Å². The fourth-order valence-electron chi connectivity index (χ4n) is 0.915. The Balaban J connectivity index is 2.82. The maximum Gasteiger partial charge on any atom is 0.202 e. The van der Waals surface area contributed by atoms with Crippen LogP contribution in [0.15, 0.2) is 24.3 Å². The van der Waals surface area contributed by atoms with E-state index in [4.69, 9.17) is 0 Å². The van der Waals surface area contributed by atoms with Crippen LogP contribution in [0.25, 0.3) is 6.08 Å². The number of hydrogen-bond donors (Lipinski definition) is 0. The minimum Gasteiger partial charge on any atom is -0.291 e. The van der Waals surface area contributed by atoms with Crippen LogP contribution in [-0.4, -0.2) is 6.29 Å². The summed E-state index contributed by atoms with van der Waals surface area (Å²) in [6.07, 6.45) is 4.72. The lowest BCUT2D eigenvalue weighted by Gasteiger charge is -1.94. The predicted octanol–water partition coefficient (Wildman–Crippen LogP) is 2.48. The molecule has 0 unspecified atom stereocenters. The lowest BCUT2D eigenvalue weighted by Crippen LogP contribution is -1.81. The smallest absolute Gasteiger partial charge is 0.202 e. The van der Waals surface area contributed by atoms with Crippen LogP contribution in [0.3, 0.4) is 0 Å². The highest BCUT2D eigenvalue weighted by Crippen LogP contribution is 2.09. The lowest BCUT2D eigenvalue weighted by molar-refractivity contribution is 0.556. The number of benzene rings is 1. The van der Waals surface area contributed by atoms with Gasteiger partial charge in [0.1, 0.15) is 11.6 Å². The number of allylic oxidation sites excluding steroid dienone is 1. The molecule has 0 saturated carbocycles. The van der Waals surface area contributed by atoms with E-state index >= 15 is 0 Å². The van der Waals surface area contributed by atoms with Crippen molar-refractivity contribution >= 4 is 12.4 Å². The van der Waals surface area contributed by atoms with Gasteiger partial charge in [0.2, 0.25) is 6.29 Å². The third-order valence-corrected chi connectivity index (χ3v) is 1.40. The van der Waals surface area contributed by atoms with Crippen molar-refractivity contribution in [3.05, 3.63) is 41.5 Å². The third-order valence-electron chi connectivity index (χ3n) is 1.40. The quantitative estimate of drug-likeness (QED) is 0.700. The van der Waals surface area contributed by atoms with E-state index in [9.17, 15) is 13.6 Å². The summed E-state index contributed by atoms with van der Waals surface area (Å²) in [5.41, 5.74) is 0.396. The summed E-state index contributed by atoms with van der Waals surface area (Å²) >= 11 is 0. The molecule has 3 heteroatoms. The Hall–Kier alpha value is -1.51. The average molecular weight is 181 g/mol. The highest BCUT2D eigenvalue weighted by molar-refractivity contribution is 5.58. The Bertz CT molecular complexity index is 311. The van der Waals surface area contributed by atoms with E-state index < -0.39 is 11.6 Å². The monoisotopic (exact) mass is 181 g/mol. The molecule has 0 aliphatic carbocycles. The molecule has 1 aromatic rings. The van der Waals surface area contributed by atoms with Crippen molar-refractivity contribution in [1.29, 1.82) is 0 Å². The summed E-state index contributed by atoms with van der Waals surface area (Å²) in [4.78, 5) is 9.80. The molecular weight excluding hydrogens is 174 g/mol. The Morgan fingerprint density at radius 2 is 1.85 bits per heavy atom. The van der Waals surface area contributed by atoms with Gasteiger partial charge in [-0.3, -0.25) is 4.79 Å². The molecule has 0 spiro atoms. The second kappa shape index (κ2) is 4.50. The van der Waals surface area contributed by atoms with Gasteiger partial charge in [0.15, 0.2) is 0 Å². The van der Waals surface area contributed by atoms with Crippen molar-refractivity contribution < 1.29 is 13.6 Å². The number of rotatable bonds is 3. The van der Waals surface area contributed by atoms with Crippen molar-refractivity contribution in [2.75, 3.05) is 0 Å². The van der Waals surface area contributed by atoms with E-state index in [1.54, 1.807) is 6.29 Å². The molecule has 0 aromatic heterocycles. The molecule has 0 bridgehead atoms. The third kappa shape index (κ3) is 3.15. The molecule has 0 aliphatic heterocycles. The summed E-state index contributed by atoms with van der Waals surface area (Å²) in [6, 6.07) is 3.16. The number of carbonyl (C=O) groups excluding carboxylic acids is 1. The van der Waals surface area contributed by atoms with Crippen LogP contribution in [0.1, 0.15) is 12.0 Å². The Kier molecular flexibility index (Phi) is 3.31. The van der Waals surface area contributed by atoms with Gasteiger partial charge in [0.25, 0.3) is 0 Å². The van der Waals surface area contributed by atoms with E-state index in [2.05, 4.69) is 0 Å². The van der Waals surface area contributed by atoms with Gasteiger partial charge < -0.3 is 0 Å². The van der Waals surface area contributed by atoms with E-state index in [1.807, 2.05) is 0 Å². The van der Waals surface area contributed by atoms with Gasteiger partial charge in [-0.2, -0.15) is 0 Å². The Labute approximate surface area is 74.7 Å². The van der Waals surface area contributed by atoms with Gasteiger partial charge in [-0.25, -0.2) is 8.78 Å².